The van der Waals surface area contributed by atoms with Gasteiger partial charge < -0.3 is 0 Å². The Bertz CT molecular complexity index is 444. The van der Waals surface area contributed by atoms with Gasteiger partial charge in [-0.15, -0.1) is 0 Å². The second kappa shape index (κ2) is 4.06. The van der Waals surface area contributed by atoms with Crippen molar-refractivity contribution < 1.29 is 0 Å². The number of hydrogen-bond acceptors (Lipinski definition) is 2. The molecule has 0 aliphatic carbocycles. The maximum atomic E-state index is 6.22. The van der Waals surface area contributed by atoms with Gasteiger partial charge in [-0.25, -0.2) is 0 Å². The average Bonchev–Trinajstić information content (AvgIpc) is 2.81. The maximum Gasteiger partial charge on any atom is 0.0869 e. The third kappa shape index (κ3) is 1.90. The number of halogens is 1. The van der Waals surface area contributed by atoms with Gasteiger partial charge in [0.1, 0.15) is 0 Å². The molecule has 2 aromatic heterocycles. The number of hydrogen-bond donors (Lipinski definition) is 0. The van der Waals surface area contributed by atoms with Gasteiger partial charge in [0.15, 0.2) is 0 Å². The summed E-state index contributed by atoms with van der Waals surface area (Å²) in [6.07, 6.45) is 4.52. The van der Waals surface area contributed by atoms with Gasteiger partial charge in [0, 0.05) is 19.4 Å². The van der Waals surface area contributed by atoms with Crippen molar-refractivity contribution in [3.8, 4) is 0 Å². The van der Waals surface area contributed by atoms with Crippen LogP contribution in [0.5, 0.6) is 0 Å². The summed E-state index contributed by atoms with van der Waals surface area (Å²) in [5.74, 6) is 0. The average molecular weight is 225 g/mol. The molecule has 0 aliphatic rings. The highest BCUT2D eigenvalue weighted by atomic mass is 35.5. The Labute approximate surface area is 93.5 Å². The zero-order chi connectivity index (χ0) is 10.8. The quantitative estimate of drug-likeness (QED) is 0.798. The van der Waals surface area contributed by atoms with E-state index >= 15 is 0 Å². The van der Waals surface area contributed by atoms with Gasteiger partial charge in [0.2, 0.25) is 0 Å². The lowest BCUT2D eigenvalue weighted by molar-refractivity contribution is 0.618. The molecule has 2 heterocycles. The Morgan fingerprint density at radius 3 is 2.80 bits per heavy atom. The van der Waals surface area contributed by atoms with E-state index in [4.69, 9.17) is 11.6 Å². The largest absolute Gasteiger partial charge is 0.269 e. The summed E-state index contributed by atoms with van der Waals surface area (Å²) < 4.78 is 3.66. The van der Waals surface area contributed by atoms with E-state index in [0.717, 1.165) is 22.8 Å². The van der Waals surface area contributed by atoms with Crippen molar-refractivity contribution in [3.05, 3.63) is 34.9 Å². The summed E-state index contributed by atoms with van der Waals surface area (Å²) in [6, 6.07) is 1.89. The van der Waals surface area contributed by atoms with E-state index in [9.17, 15) is 0 Å². The molecule has 0 atom stereocenters. The molecule has 0 amide bonds. The summed E-state index contributed by atoms with van der Waals surface area (Å²) in [5.41, 5.74) is 1.94. The molecule has 4 nitrogen and oxygen atoms in total. The monoisotopic (exact) mass is 224 g/mol. The van der Waals surface area contributed by atoms with Crippen LogP contribution in [0.25, 0.3) is 0 Å². The van der Waals surface area contributed by atoms with Crippen molar-refractivity contribution in [2.75, 3.05) is 0 Å². The Morgan fingerprint density at radius 1 is 1.47 bits per heavy atom. The first-order valence-corrected chi connectivity index (χ1v) is 5.27. The molecule has 2 aromatic rings. The molecule has 0 radical (unpaired) electrons. The molecule has 0 saturated heterocycles. The molecule has 0 aromatic carbocycles. The predicted octanol–water partition coefficient (Wildman–Crippen LogP) is 1.88. The topological polar surface area (TPSA) is 35.6 Å². The van der Waals surface area contributed by atoms with E-state index in [1.165, 1.54) is 0 Å². The first-order valence-electron chi connectivity index (χ1n) is 4.90. The molecule has 0 saturated carbocycles. The fraction of sp³-hybridized carbons (Fsp3) is 0.400. The molecule has 0 unspecified atom stereocenters. The second-order valence-electron chi connectivity index (χ2n) is 3.39. The fourth-order valence-corrected chi connectivity index (χ4v) is 1.89. The summed E-state index contributed by atoms with van der Waals surface area (Å²) in [6.45, 7) is 2.71. The first kappa shape index (κ1) is 10.2. The SMILES string of the molecule is CCc1nn(C)c(Cn2cccn2)c1Cl. The molecular weight excluding hydrogens is 212 g/mol. The first-order chi connectivity index (χ1) is 7.22. The van der Waals surface area contributed by atoms with Gasteiger partial charge >= 0.3 is 0 Å². The summed E-state index contributed by atoms with van der Waals surface area (Å²) in [7, 11) is 1.91. The smallest absolute Gasteiger partial charge is 0.0869 e. The molecule has 0 spiro atoms. The number of aryl methyl sites for hydroxylation is 2. The summed E-state index contributed by atoms with van der Waals surface area (Å²) in [4.78, 5) is 0. The Morgan fingerprint density at radius 2 is 2.27 bits per heavy atom. The van der Waals surface area contributed by atoms with E-state index in [0.29, 0.717) is 6.54 Å². The standard InChI is InChI=1S/C10H13ClN4/c1-3-8-10(11)9(14(2)13-8)7-15-6-4-5-12-15/h4-6H,3,7H2,1-2H3. The van der Waals surface area contributed by atoms with Crippen molar-refractivity contribution in [2.45, 2.75) is 19.9 Å². The van der Waals surface area contributed by atoms with Gasteiger partial charge in [-0.3, -0.25) is 9.36 Å². The minimum atomic E-state index is 0.662. The Balaban J connectivity index is 2.32. The molecule has 0 N–H and O–H groups in total. The minimum absolute atomic E-state index is 0.662. The Kier molecular flexibility index (Phi) is 2.77. The van der Waals surface area contributed by atoms with Crippen LogP contribution >= 0.6 is 11.6 Å². The highest BCUT2D eigenvalue weighted by Crippen LogP contribution is 2.21. The lowest BCUT2D eigenvalue weighted by Crippen LogP contribution is -2.06. The third-order valence-electron chi connectivity index (χ3n) is 2.37. The van der Waals surface area contributed by atoms with Gasteiger partial charge in [0.05, 0.1) is 23.0 Å². The van der Waals surface area contributed by atoms with Gasteiger partial charge in [0.25, 0.3) is 0 Å². The van der Waals surface area contributed by atoms with Crippen molar-refractivity contribution in [2.24, 2.45) is 7.05 Å². The van der Waals surface area contributed by atoms with Gasteiger partial charge in [-0.2, -0.15) is 10.2 Å². The van der Waals surface area contributed by atoms with Crippen LogP contribution in [0.3, 0.4) is 0 Å². The molecule has 15 heavy (non-hydrogen) atoms. The molecule has 0 bridgehead atoms. The van der Waals surface area contributed by atoms with E-state index < -0.39 is 0 Å². The van der Waals surface area contributed by atoms with E-state index in [1.54, 1.807) is 6.20 Å². The van der Waals surface area contributed by atoms with Crippen molar-refractivity contribution >= 4 is 11.6 Å². The third-order valence-corrected chi connectivity index (χ3v) is 2.81. The van der Waals surface area contributed by atoms with Crippen LogP contribution in [0.1, 0.15) is 18.3 Å². The summed E-state index contributed by atoms with van der Waals surface area (Å²) >= 11 is 6.22. The number of aromatic nitrogens is 4. The number of nitrogens with zero attached hydrogens (tertiary/aromatic N) is 4. The lowest BCUT2D eigenvalue weighted by Gasteiger charge is -2.02. The van der Waals surface area contributed by atoms with E-state index in [2.05, 4.69) is 10.2 Å². The predicted molar refractivity (Wildman–Crippen MR) is 58.9 cm³/mol. The molecular formula is C10H13ClN4. The van der Waals surface area contributed by atoms with Crippen LogP contribution in [-0.2, 0) is 20.0 Å². The summed E-state index contributed by atoms with van der Waals surface area (Å²) in [5, 5.41) is 9.26. The van der Waals surface area contributed by atoms with Gasteiger partial charge in [-0.05, 0) is 12.5 Å². The molecule has 0 fully saturated rings. The van der Waals surface area contributed by atoms with Crippen molar-refractivity contribution in [1.82, 2.24) is 19.6 Å². The van der Waals surface area contributed by atoms with Crippen molar-refractivity contribution in [3.63, 3.8) is 0 Å². The van der Waals surface area contributed by atoms with Crippen molar-refractivity contribution in [1.29, 1.82) is 0 Å². The second-order valence-corrected chi connectivity index (χ2v) is 3.77. The van der Waals surface area contributed by atoms with Crippen LogP contribution in [0.2, 0.25) is 5.02 Å². The fourth-order valence-electron chi connectivity index (χ4n) is 1.54. The lowest BCUT2D eigenvalue weighted by atomic mass is 10.3. The highest BCUT2D eigenvalue weighted by molar-refractivity contribution is 6.31. The van der Waals surface area contributed by atoms with E-state index in [1.807, 2.05) is 35.6 Å². The van der Waals surface area contributed by atoms with Crippen LogP contribution in [-0.4, -0.2) is 19.6 Å². The van der Waals surface area contributed by atoms with Crippen LogP contribution < -0.4 is 0 Å². The van der Waals surface area contributed by atoms with Crippen LogP contribution in [0, 0.1) is 0 Å². The Hall–Kier alpha value is -1.29. The maximum absolute atomic E-state index is 6.22. The van der Waals surface area contributed by atoms with Crippen LogP contribution in [0.4, 0.5) is 0 Å². The molecule has 5 heteroatoms. The zero-order valence-corrected chi connectivity index (χ0v) is 9.57. The molecule has 2 rings (SSSR count). The van der Waals surface area contributed by atoms with Gasteiger partial charge in [-0.1, -0.05) is 18.5 Å². The zero-order valence-electron chi connectivity index (χ0n) is 8.81. The number of rotatable bonds is 3. The minimum Gasteiger partial charge on any atom is -0.269 e. The van der Waals surface area contributed by atoms with Crippen LogP contribution in [0.15, 0.2) is 18.5 Å². The van der Waals surface area contributed by atoms with E-state index in [-0.39, 0.29) is 0 Å². The molecule has 0 aliphatic heterocycles. The molecule has 80 valence electrons. The highest BCUT2D eigenvalue weighted by Gasteiger charge is 2.12. The normalized spacial score (nSPS) is 10.9.